The number of ether oxygens (including phenoxy) is 1. The molecule has 1 rings (SSSR count). The Hall–Kier alpha value is -0.770. The van der Waals surface area contributed by atoms with Gasteiger partial charge in [-0.25, -0.2) is 0 Å². The van der Waals surface area contributed by atoms with Crippen molar-refractivity contribution in [2.75, 3.05) is 13.2 Å². The molecule has 108 valence electrons. The van der Waals surface area contributed by atoms with E-state index >= 15 is 0 Å². The first-order chi connectivity index (χ1) is 8.84. The van der Waals surface area contributed by atoms with Crippen LogP contribution in [0.3, 0.4) is 0 Å². The van der Waals surface area contributed by atoms with E-state index in [0.717, 1.165) is 22.8 Å². The first kappa shape index (κ1) is 16.3. The van der Waals surface area contributed by atoms with Gasteiger partial charge in [-0.15, -0.1) is 0 Å². The lowest BCUT2D eigenvalue weighted by Crippen LogP contribution is -2.44. The normalized spacial score (nSPS) is 13.4. The van der Waals surface area contributed by atoms with Gasteiger partial charge in [0, 0.05) is 17.1 Å². The molecule has 4 heteroatoms. The number of β-amino-alcohol motifs (C(OH)–C–C–N with tert-alkyl or cyclic N) is 1. The first-order valence-electron chi connectivity index (χ1n) is 6.66. The Morgan fingerprint density at radius 3 is 2.68 bits per heavy atom. The Labute approximate surface area is 120 Å². The summed E-state index contributed by atoms with van der Waals surface area (Å²) in [5.74, 6) is 0.732. The van der Waals surface area contributed by atoms with Crippen LogP contribution < -0.4 is 10.1 Å². The van der Waals surface area contributed by atoms with Crippen molar-refractivity contribution in [1.82, 2.24) is 5.32 Å². The summed E-state index contributed by atoms with van der Waals surface area (Å²) >= 11 is 5.94. The number of halogens is 1. The van der Waals surface area contributed by atoms with Crippen LogP contribution >= 0.6 is 11.6 Å². The van der Waals surface area contributed by atoms with Crippen molar-refractivity contribution >= 4 is 11.6 Å². The van der Waals surface area contributed by atoms with Gasteiger partial charge in [0.25, 0.3) is 0 Å². The number of hydrogen-bond donors (Lipinski definition) is 2. The second-order valence-corrected chi connectivity index (χ2v) is 5.90. The van der Waals surface area contributed by atoms with Gasteiger partial charge in [0.05, 0.1) is 0 Å². The maximum atomic E-state index is 9.88. The van der Waals surface area contributed by atoms with Crippen molar-refractivity contribution in [2.45, 2.75) is 45.8 Å². The van der Waals surface area contributed by atoms with Crippen LogP contribution in [0.5, 0.6) is 5.75 Å². The molecular weight excluding hydrogens is 262 g/mol. The summed E-state index contributed by atoms with van der Waals surface area (Å²) in [6.45, 7) is 9.07. The Morgan fingerprint density at radius 2 is 2.11 bits per heavy atom. The minimum absolute atomic E-state index is 0.0395. The lowest BCUT2D eigenvalue weighted by atomic mass is 10.0. The van der Waals surface area contributed by atoms with Crippen LogP contribution in [0.1, 0.15) is 32.8 Å². The zero-order chi connectivity index (χ0) is 14.5. The fraction of sp³-hybridized carbons (Fsp3) is 0.600. The van der Waals surface area contributed by atoms with Gasteiger partial charge in [0.15, 0.2) is 0 Å². The molecule has 0 saturated heterocycles. The van der Waals surface area contributed by atoms with Gasteiger partial charge >= 0.3 is 0 Å². The minimum atomic E-state index is -0.526. The fourth-order valence-electron chi connectivity index (χ4n) is 1.48. The van der Waals surface area contributed by atoms with Crippen LogP contribution in [-0.2, 0) is 0 Å². The Morgan fingerprint density at radius 1 is 1.42 bits per heavy atom. The van der Waals surface area contributed by atoms with E-state index in [1.165, 1.54) is 0 Å². The number of rotatable bonds is 7. The summed E-state index contributed by atoms with van der Waals surface area (Å²) in [6, 6.07) is 5.49. The molecule has 2 N–H and O–H groups in total. The summed E-state index contributed by atoms with van der Waals surface area (Å²) in [4.78, 5) is 0. The lowest BCUT2D eigenvalue weighted by molar-refractivity contribution is 0.0985. The van der Waals surface area contributed by atoms with Crippen molar-refractivity contribution in [3.05, 3.63) is 28.8 Å². The molecule has 0 aliphatic rings. The van der Waals surface area contributed by atoms with Crippen molar-refractivity contribution in [3.8, 4) is 5.75 Å². The van der Waals surface area contributed by atoms with E-state index < -0.39 is 6.10 Å². The largest absolute Gasteiger partial charge is 0.491 e. The summed E-state index contributed by atoms with van der Waals surface area (Å²) < 4.78 is 5.55. The molecule has 1 aromatic rings. The quantitative estimate of drug-likeness (QED) is 0.808. The van der Waals surface area contributed by atoms with Crippen LogP contribution in [0.25, 0.3) is 0 Å². The average molecular weight is 286 g/mol. The van der Waals surface area contributed by atoms with Gasteiger partial charge in [-0.3, -0.25) is 0 Å². The second-order valence-electron chi connectivity index (χ2n) is 5.49. The predicted octanol–water partition coefficient (Wildman–Crippen LogP) is 3.17. The third kappa shape index (κ3) is 5.81. The molecule has 1 aromatic carbocycles. The number of aliphatic hydroxyl groups is 1. The van der Waals surface area contributed by atoms with Crippen molar-refractivity contribution in [1.29, 1.82) is 0 Å². The molecule has 19 heavy (non-hydrogen) atoms. The molecule has 0 fully saturated rings. The predicted molar refractivity (Wildman–Crippen MR) is 80.1 cm³/mol. The van der Waals surface area contributed by atoms with E-state index in [0.29, 0.717) is 6.54 Å². The van der Waals surface area contributed by atoms with E-state index in [1.54, 1.807) is 6.07 Å². The van der Waals surface area contributed by atoms with Crippen LogP contribution in [0, 0.1) is 6.92 Å². The van der Waals surface area contributed by atoms with E-state index in [2.05, 4.69) is 26.1 Å². The number of aliphatic hydroxyl groups excluding tert-OH is 1. The van der Waals surface area contributed by atoms with E-state index in [1.807, 2.05) is 19.1 Å². The highest BCUT2D eigenvalue weighted by Gasteiger charge is 2.16. The number of aryl methyl sites for hydroxylation is 1. The van der Waals surface area contributed by atoms with Crippen LogP contribution in [0.4, 0.5) is 0 Å². The maximum absolute atomic E-state index is 9.88. The molecule has 3 nitrogen and oxygen atoms in total. The molecule has 0 heterocycles. The third-order valence-corrected chi connectivity index (χ3v) is 3.70. The molecule has 0 amide bonds. The first-order valence-corrected chi connectivity index (χ1v) is 7.04. The van der Waals surface area contributed by atoms with Gasteiger partial charge in [-0.1, -0.05) is 18.5 Å². The van der Waals surface area contributed by atoms with Crippen molar-refractivity contribution in [3.63, 3.8) is 0 Å². The van der Waals surface area contributed by atoms with E-state index in [9.17, 15) is 5.11 Å². The lowest BCUT2D eigenvalue weighted by Gasteiger charge is -2.26. The summed E-state index contributed by atoms with van der Waals surface area (Å²) in [5, 5.41) is 13.9. The summed E-state index contributed by atoms with van der Waals surface area (Å²) in [7, 11) is 0. The van der Waals surface area contributed by atoms with Crippen LogP contribution in [-0.4, -0.2) is 29.9 Å². The smallest absolute Gasteiger partial charge is 0.119 e. The molecule has 0 spiro atoms. The SMILES string of the molecule is CCC(C)(C)NCC(O)COc1ccc(Cl)c(C)c1. The summed E-state index contributed by atoms with van der Waals surface area (Å²) in [5.41, 5.74) is 1.01. The van der Waals surface area contributed by atoms with Gasteiger partial charge in [-0.2, -0.15) is 0 Å². The Bertz CT molecular complexity index is 407. The highest BCUT2D eigenvalue weighted by Crippen LogP contribution is 2.21. The molecular formula is C15H24ClNO2. The molecule has 0 aliphatic carbocycles. The van der Waals surface area contributed by atoms with Gasteiger partial charge in [-0.05, 0) is 51.0 Å². The molecule has 0 aromatic heterocycles. The van der Waals surface area contributed by atoms with Crippen LogP contribution in [0.15, 0.2) is 18.2 Å². The topological polar surface area (TPSA) is 41.5 Å². The standard InChI is InChI=1S/C15H24ClNO2/c1-5-15(3,4)17-9-12(18)10-19-13-6-7-14(16)11(2)8-13/h6-8,12,17-18H,5,9-10H2,1-4H3. The van der Waals surface area contributed by atoms with Gasteiger partial charge < -0.3 is 15.2 Å². The van der Waals surface area contributed by atoms with Gasteiger partial charge in [0.1, 0.15) is 18.5 Å². The molecule has 0 aliphatic heterocycles. The third-order valence-electron chi connectivity index (χ3n) is 3.27. The number of nitrogens with one attached hydrogen (secondary N) is 1. The fourth-order valence-corrected chi connectivity index (χ4v) is 1.59. The molecule has 0 saturated carbocycles. The zero-order valence-electron chi connectivity index (χ0n) is 12.2. The molecule has 1 atom stereocenters. The molecule has 0 radical (unpaired) electrons. The molecule has 1 unspecified atom stereocenters. The van der Waals surface area contributed by atoms with Crippen LogP contribution in [0.2, 0.25) is 5.02 Å². The van der Waals surface area contributed by atoms with E-state index in [4.69, 9.17) is 16.3 Å². The maximum Gasteiger partial charge on any atom is 0.119 e. The highest BCUT2D eigenvalue weighted by atomic mass is 35.5. The van der Waals surface area contributed by atoms with Gasteiger partial charge in [0.2, 0.25) is 0 Å². The highest BCUT2D eigenvalue weighted by molar-refractivity contribution is 6.31. The number of hydrogen-bond acceptors (Lipinski definition) is 3. The number of benzene rings is 1. The monoisotopic (exact) mass is 285 g/mol. The van der Waals surface area contributed by atoms with E-state index in [-0.39, 0.29) is 12.1 Å². The Balaban J connectivity index is 2.37. The Kier molecular flexibility index (Phi) is 6.11. The summed E-state index contributed by atoms with van der Waals surface area (Å²) in [6.07, 6.45) is 0.485. The minimum Gasteiger partial charge on any atom is -0.491 e. The van der Waals surface area contributed by atoms with Crippen molar-refractivity contribution in [2.24, 2.45) is 0 Å². The molecule has 0 bridgehead atoms. The average Bonchev–Trinajstić information content (AvgIpc) is 2.38. The second kappa shape index (κ2) is 7.13. The van der Waals surface area contributed by atoms with Crippen molar-refractivity contribution < 1.29 is 9.84 Å². The zero-order valence-corrected chi connectivity index (χ0v) is 12.9.